The fourth-order valence-corrected chi connectivity index (χ4v) is 2.02. The number of hydrogen-bond acceptors (Lipinski definition) is 5. The molecular formula is C16H20N2O3. The zero-order valence-electron chi connectivity index (χ0n) is 11.9. The SMILES string of the molecule is OCc1ccc(CNCc2ccc(OCC3CC3)nc2)o1. The molecule has 1 fully saturated rings. The van der Waals surface area contributed by atoms with E-state index in [0.29, 0.717) is 24.7 Å². The number of hydrogen-bond donors (Lipinski definition) is 2. The maximum Gasteiger partial charge on any atom is 0.213 e. The number of aliphatic hydroxyl groups is 1. The second-order valence-corrected chi connectivity index (χ2v) is 5.39. The van der Waals surface area contributed by atoms with Crippen molar-refractivity contribution in [3.05, 3.63) is 47.5 Å². The summed E-state index contributed by atoms with van der Waals surface area (Å²) in [7, 11) is 0. The first-order valence-corrected chi connectivity index (χ1v) is 7.30. The monoisotopic (exact) mass is 288 g/mol. The minimum atomic E-state index is -0.0633. The Labute approximate surface area is 124 Å². The van der Waals surface area contributed by atoms with Crippen LogP contribution in [-0.2, 0) is 19.7 Å². The molecular weight excluding hydrogens is 268 g/mol. The minimum absolute atomic E-state index is 0.0633. The summed E-state index contributed by atoms with van der Waals surface area (Å²) in [4.78, 5) is 4.30. The number of aromatic nitrogens is 1. The van der Waals surface area contributed by atoms with Crippen molar-refractivity contribution >= 4 is 0 Å². The van der Waals surface area contributed by atoms with Crippen LogP contribution in [0.2, 0.25) is 0 Å². The van der Waals surface area contributed by atoms with E-state index in [9.17, 15) is 0 Å². The van der Waals surface area contributed by atoms with E-state index < -0.39 is 0 Å². The van der Waals surface area contributed by atoms with Gasteiger partial charge in [-0.3, -0.25) is 0 Å². The van der Waals surface area contributed by atoms with Crippen LogP contribution in [0.5, 0.6) is 5.88 Å². The topological polar surface area (TPSA) is 67.5 Å². The van der Waals surface area contributed by atoms with Crippen molar-refractivity contribution in [2.24, 2.45) is 5.92 Å². The van der Waals surface area contributed by atoms with Crippen molar-refractivity contribution in [1.82, 2.24) is 10.3 Å². The molecule has 5 nitrogen and oxygen atoms in total. The van der Waals surface area contributed by atoms with Crippen molar-refractivity contribution in [2.75, 3.05) is 6.61 Å². The van der Waals surface area contributed by atoms with Gasteiger partial charge < -0.3 is 19.6 Å². The molecule has 0 radical (unpaired) electrons. The normalized spacial score (nSPS) is 14.3. The predicted molar refractivity (Wildman–Crippen MR) is 77.6 cm³/mol. The number of pyridine rings is 1. The number of ether oxygens (including phenoxy) is 1. The van der Waals surface area contributed by atoms with Crippen LogP contribution in [-0.4, -0.2) is 16.7 Å². The average Bonchev–Trinajstić information content (AvgIpc) is 3.24. The Morgan fingerprint density at radius 1 is 1.19 bits per heavy atom. The molecule has 21 heavy (non-hydrogen) atoms. The number of nitrogens with one attached hydrogen (secondary N) is 1. The van der Waals surface area contributed by atoms with E-state index in [0.717, 1.165) is 23.8 Å². The highest BCUT2D eigenvalue weighted by molar-refractivity contribution is 5.18. The molecule has 2 aromatic heterocycles. The van der Waals surface area contributed by atoms with Crippen molar-refractivity contribution in [2.45, 2.75) is 32.5 Å². The van der Waals surface area contributed by atoms with E-state index in [1.165, 1.54) is 12.8 Å². The van der Waals surface area contributed by atoms with Crippen LogP contribution >= 0.6 is 0 Å². The second kappa shape index (κ2) is 6.74. The average molecular weight is 288 g/mol. The lowest BCUT2D eigenvalue weighted by Gasteiger charge is -2.06. The van der Waals surface area contributed by atoms with Gasteiger partial charge in [0.1, 0.15) is 18.1 Å². The summed E-state index contributed by atoms with van der Waals surface area (Å²) in [6.45, 7) is 2.06. The van der Waals surface area contributed by atoms with Gasteiger partial charge in [-0.15, -0.1) is 0 Å². The van der Waals surface area contributed by atoms with Gasteiger partial charge in [-0.2, -0.15) is 0 Å². The highest BCUT2D eigenvalue weighted by atomic mass is 16.5. The van der Waals surface area contributed by atoms with Crippen LogP contribution in [0.15, 0.2) is 34.9 Å². The van der Waals surface area contributed by atoms with Crippen LogP contribution in [0, 0.1) is 5.92 Å². The molecule has 2 aromatic rings. The summed E-state index contributed by atoms with van der Waals surface area (Å²) in [6.07, 6.45) is 4.40. The molecule has 1 aliphatic carbocycles. The molecule has 2 N–H and O–H groups in total. The van der Waals surface area contributed by atoms with Crippen LogP contribution in [0.1, 0.15) is 29.9 Å². The Morgan fingerprint density at radius 3 is 2.71 bits per heavy atom. The van der Waals surface area contributed by atoms with Crippen molar-refractivity contribution in [3.8, 4) is 5.88 Å². The molecule has 1 saturated carbocycles. The number of aliphatic hydroxyl groups excluding tert-OH is 1. The molecule has 112 valence electrons. The molecule has 0 aliphatic heterocycles. The zero-order chi connectivity index (χ0) is 14.5. The Balaban J connectivity index is 1.41. The lowest BCUT2D eigenvalue weighted by Crippen LogP contribution is -2.12. The summed E-state index contributed by atoms with van der Waals surface area (Å²) in [5.41, 5.74) is 1.10. The zero-order valence-corrected chi connectivity index (χ0v) is 11.9. The van der Waals surface area contributed by atoms with Crippen LogP contribution in [0.4, 0.5) is 0 Å². The Hall–Kier alpha value is -1.85. The fourth-order valence-electron chi connectivity index (χ4n) is 2.02. The summed E-state index contributed by atoms with van der Waals surface area (Å²) in [5.74, 6) is 2.84. The molecule has 0 spiro atoms. The molecule has 0 atom stereocenters. The van der Waals surface area contributed by atoms with E-state index in [1.807, 2.05) is 24.4 Å². The smallest absolute Gasteiger partial charge is 0.213 e. The summed E-state index contributed by atoms with van der Waals surface area (Å²) >= 11 is 0. The number of rotatable bonds is 8. The van der Waals surface area contributed by atoms with E-state index in [1.54, 1.807) is 6.07 Å². The molecule has 0 bridgehead atoms. The van der Waals surface area contributed by atoms with E-state index in [-0.39, 0.29) is 6.61 Å². The lowest BCUT2D eigenvalue weighted by atomic mass is 10.3. The Morgan fingerprint density at radius 2 is 2.05 bits per heavy atom. The largest absolute Gasteiger partial charge is 0.477 e. The van der Waals surface area contributed by atoms with Gasteiger partial charge >= 0.3 is 0 Å². The lowest BCUT2D eigenvalue weighted by molar-refractivity contribution is 0.242. The highest BCUT2D eigenvalue weighted by Gasteiger charge is 2.21. The van der Waals surface area contributed by atoms with Gasteiger partial charge in [-0.25, -0.2) is 4.98 Å². The van der Waals surface area contributed by atoms with Crippen molar-refractivity contribution in [3.63, 3.8) is 0 Å². The third kappa shape index (κ3) is 4.31. The van der Waals surface area contributed by atoms with Gasteiger partial charge in [0.15, 0.2) is 0 Å². The highest BCUT2D eigenvalue weighted by Crippen LogP contribution is 2.29. The van der Waals surface area contributed by atoms with E-state index >= 15 is 0 Å². The first-order chi connectivity index (χ1) is 10.3. The minimum Gasteiger partial charge on any atom is -0.477 e. The van der Waals surface area contributed by atoms with Crippen molar-refractivity contribution in [1.29, 1.82) is 0 Å². The number of nitrogens with zero attached hydrogens (tertiary/aromatic N) is 1. The second-order valence-electron chi connectivity index (χ2n) is 5.39. The molecule has 0 aromatic carbocycles. The van der Waals surface area contributed by atoms with Crippen molar-refractivity contribution < 1.29 is 14.3 Å². The van der Waals surface area contributed by atoms with Gasteiger partial charge in [-0.05, 0) is 36.5 Å². The quantitative estimate of drug-likeness (QED) is 0.780. The van der Waals surface area contributed by atoms with Gasteiger partial charge in [-0.1, -0.05) is 6.07 Å². The fraction of sp³-hybridized carbons (Fsp3) is 0.438. The van der Waals surface area contributed by atoms with Gasteiger partial charge in [0.2, 0.25) is 5.88 Å². The third-order valence-corrected chi connectivity index (χ3v) is 3.46. The van der Waals surface area contributed by atoms with Gasteiger partial charge in [0.25, 0.3) is 0 Å². The summed E-state index contributed by atoms with van der Waals surface area (Å²) in [5, 5.41) is 12.2. The maximum atomic E-state index is 8.93. The molecule has 3 rings (SSSR count). The summed E-state index contributed by atoms with van der Waals surface area (Å²) < 4.78 is 11.0. The van der Waals surface area contributed by atoms with Gasteiger partial charge in [0.05, 0.1) is 13.2 Å². The molecule has 2 heterocycles. The first-order valence-electron chi connectivity index (χ1n) is 7.30. The summed E-state index contributed by atoms with van der Waals surface area (Å²) in [6, 6.07) is 7.58. The van der Waals surface area contributed by atoms with Crippen LogP contribution in [0.3, 0.4) is 0 Å². The first kappa shape index (κ1) is 14.1. The molecule has 0 saturated heterocycles. The maximum absolute atomic E-state index is 8.93. The standard InChI is InChI=1S/C16H20N2O3/c19-10-15-5-4-14(21-15)9-17-7-13-3-6-16(18-8-13)20-11-12-1-2-12/h3-6,8,12,17,19H,1-2,7,9-11H2. The molecule has 0 unspecified atom stereocenters. The van der Waals surface area contributed by atoms with E-state index in [4.69, 9.17) is 14.3 Å². The number of furan rings is 1. The molecule has 0 amide bonds. The molecule has 5 heteroatoms. The van der Waals surface area contributed by atoms with Crippen LogP contribution < -0.4 is 10.1 Å². The Bertz CT molecular complexity index is 561. The predicted octanol–water partition coefficient (Wildman–Crippen LogP) is 2.25. The van der Waals surface area contributed by atoms with E-state index in [2.05, 4.69) is 10.3 Å². The Kier molecular flexibility index (Phi) is 4.52. The molecule has 1 aliphatic rings. The van der Waals surface area contributed by atoms with Crippen LogP contribution in [0.25, 0.3) is 0 Å². The van der Waals surface area contributed by atoms with Gasteiger partial charge in [0, 0.05) is 18.8 Å². The third-order valence-electron chi connectivity index (χ3n) is 3.46.